The van der Waals surface area contributed by atoms with E-state index < -0.39 is 12.6 Å². The third-order valence-electron chi connectivity index (χ3n) is 6.27. The van der Waals surface area contributed by atoms with Crippen LogP contribution in [0.25, 0.3) is 22.2 Å². The van der Waals surface area contributed by atoms with E-state index in [1.165, 1.54) is 0 Å². The molecule has 1 aliphatic carbocycles. The van der Waals surface area contributed by atoms with Crippen molar-refractivity contribution in [1.82, 2.24) is 15.2 Å². The molecule has 4 rings (SSSR count). The maximum absolute atomic E-state index is 12.8. The molecule has 0 aliphatic heterocycles. The van der Waals surface area contributed by atoms with Gasteiger partial charge < -0.3 is 4.42 Å². The lowest BCUT2D eigenvalue weighted by Gasteiger charge is -2.27. The molecule has 0 spiro atoms. The SMILES string of the molecule is Cc1ncc(-c2ccc3nnc(CC(=O)C4CCC(CCCC(F)(F)F)CC4)cc3c2)o1. The van der Waals surface area contributed by atoms with Gasteiger partial charge in [-0.15, -0.1) is 0 Å². The first-order chi connectivity index (χ1) is 15.3. The Kier molecular flexibility index (Phi) is 6.58. The molecule has 0 atom stereocenters. The Morgan fingerprint density at radius 1 is 1.12 bits per heavy atom. The van der Waals surface area contributed by atoms with Crippen LogP contribution in [0.4, 0.5) is 13.2 Å². The third-order valence-corrected chi connectivity index (χ3v) is 6.27. The maximum atomic E-state index is 12.8. The molecule has 32 heavy (non-hydrogen) atoms. The van der Waals surface area contributed by atoms with Gasteiger partial charge in [0.25, 0.3) is 0 Å². The van der Waals surface area contributed by atoms with Gasteiger partial charge in [-0.1, -0.05) is 6.42 Å². The van der Waals surface area contributed by atoms with Crippen LogP contribution in [0.3, 0.4) is 0 Å². The molecule has 170 valence electrons. The quantitative estimate of drug-likeness (QED) is 0.430. The summed E-state index contributed by atoms with van der Waals surface area (Å²) < 4.78 is 42.6. The molecule has 0 N–H and O–H groups in total. The van der Waals surface area contributed by atoms with Crippen molar-refractivity contribution in [3.63, 3.8) is 0 Å². The lowest BCUT2D eigenvalue weighted by Crippen LogP contribution is -2.24. The number of Topliss-reactive ketones (excluding diaryl/α,β-unsaturated/α-hetero) is 1. The number of alkyl halides is 3. The van der Waals surface area contributed by atoms with Crippen LogP contribution in [-0.2, 0) is 11.2 Å². The number of ketones is 1. The predicted molar refractivity (Wildman–Crippen MR) is 114 cm³/mol. The summed E-state index contributed by atoms with van der Waals surface area (Å²) in [6.07, 6.45) is 0.977. The predicted octanol–water partition coefficient (Wildman–Crippen LogP) is 6.24. The van der Waals surface area contributed by atoms with Gasteiger partial charge in [0.2, 0.25) is 0 Å². The standard InChI is InChI=1S/C24H26F3N3O2/c1-15-28-14-23(32-15)18-8-9-21-19(11-18)12-20(29-30-21)13-22(31)17-6-4-16(5-7-17)3-2-10-24(25,26)27/h8-9,11-12,14,16-17H,2-7,10,13H2,1H3. The van der Waals surface area contributed by atoms with E-state index in [2.05, 4.69) is 15.2 Å². The number of halogens is 3. The number of rotatable bonds is 7. The molecular weight excluding hydrogens is 419 g/mol. The Bertz CT molecular complexity index is 1090. The molecule has 1 aliphatic rings. The lowest BCUT2D eigenvalue weighted by molar-refractivity contribution is -0.136. The number of carbonyl (C=O) groups excluding carboxylic acids is 1. The third kappa shape index (κ3) is 5.72. The van der Waals surface area contributed by atoms with E-state index in [0.29, 0.717) is 29.7 Å². The van der Waals surface area contributed by atoms with E-state index in [4.69, 9.17) is 4.42 Å². The Balaban J connectivity index is 1.34. The van der Waals surface area contributed by atoms with E-state index in [1.54, 1.807) is 13.1 Å². The fraction of sp³-hybridized carbons (Fsp3) is 0.500. The molecule has 0 saturated heterocycles. The Hall–Kier alpha value is -2.77. The normalized spacial score (nSPS) is 19.4. The summed E-state index contributed by atoms with van der Waals surface area (Å²) in [7, 11) is 0. The molecule has 3 aromatic rings. The van der Waals surface area contributed by atoms with E-state index in [9.17, 15) is 18.0 Å². The number of aryl methyl sites for hydroxylation is 1. The minimum Gasteiger partial charge on any atom is -0.441 e. The number of fused-ring (bicyclic) bond motifs is 1. The van der Waals surface area contributed by atoms with E-state index in [1.807, 2.05) is 24.3 Å². The average Bonchev–Trinajstić information content (AvgIpc) is 3.19. The molecule has 0 unspecified atom stereocenters. The van der Waals surface area contributed by atoms with Gasteiger partial charge in [0.05, 0.1) is 23.8 Å². The number of carbonyl (C=O) groups is 1. The van der Waals surface area contributed by atoms with E-state index in [-0.39, 0.29) is 24.5 Å². The lowest BCUT2D eigenvalue weighted by atomic mass is 9.77. The van der Waals surface area contributed by atoms with Crippen LogP contribution in [0, 0.1) is 18.8 Å². The molecule has 1 aromatic carbocycles. The summed E-state index contributed by atoms with van der Waals surface area (Å²) >= 11 is 0. The highest BCUT2D eigenvalue weighted by Gasteiger charge is 2.29. The first-order valence-electron chi connectivity index (χ1n) is 11.1. The van der Waals surface area contributed by atoms with Gasteiger partial charge in [0.1, 0.15) is 5.78 Å². The molecule has 2 heterocycles. The van der Waals surface area contributed by atoms with Crippen molar-refractivity contribution in [2.24, 2.45) is 11.8 Å². The summed E-state index contributed by atoms with van der Waals surface area (Å²) in [6.45, 7) is 1.79. The fourth-order valence-corrected chi connectivity index (χ4v) is 4.51. The van der Waals surface area contributed by atoms with Crippen LogP contribution in [0.2, 0.25) is 0 Å². The molecule has 1 saturated carbocycles. The second kappa shape index (κ2) is 9.38. The van der Waals surface area contributed by atoms with Crippen LogP contribution >= 0.6 is 0 Å². The number of aromatic nitrogens is 3. The van der Waals surface area contributed by atoms with Gasteiger partial charge in [-0.25, -0.2) is 4.98 Å². The average molecular weight is 445 g/mol. The molecule has 1 fully saturated rings. The first-order valence-corrected chi connectivity index (χ1v) is 11.1. The van der Waals surface area contributed by atoms with Crippen molar-refractivity contribution in [2.45, 2.75) is 64.5 Å². The summed E-state index contributed by atoms with van der Waals surface area (Å²) in [4.78, 5) is 16.9. The first kappa shape index (κ1) is 22.4. The van der Waals surface area contributed by atoms with Crippen LogP contribution in [0.1, 0.15) is 56.5 Å². The number of hydrogen-bond donors (Lipinski definition) is 0. The van der Waals surface area contributed by atoms with Crippen LogP contribution in [0.15, 0.2) is 34.9 Å². The maximum Gasteiger partial charge on any atom is 0.389 e. The molecule has 0 bridgehead atoms. The summed E-state index contributed by atoms with van der Waals surface area (Å²) in [6, 6.07) is 7.59. The molecule has 0 radical (unpaired) electrons. The summed E-state index contributed by atoms with van der Waals surface area (Å²) in [5.41, 5.74) is 2.24. The fourth-order valence-electron chi connectivity index (χ4n) is 4.51. The number of nitrogens with zero attached hydrogens (tertiary/aromatic N) is 3. The number of oxazole rings is 1. The van der Waals surface area contributed by atoms with Crippen LogP contribution in [-0.4, -0.2) is 27.1 Å². The second-order valence-corrected chi connectivity index (χ2v) is 8.72. The van der Waals surface area contributed by atoms with Gasteiger partial charge in [-0.3, -0.25) is 4.79 Å². The zero-order valence-corrected chi connectivity index (χ0v) is 18.0. The van der Waals surface area contributed by atoms with Crippen molar-refractivity contribution in [1.29, 1.82) is 0 Å². The van der Waals surface area contributed by atoms with Crippen molar-refractivity contribution in [2.75, 3.05) is 0 Å². The monoisotopic (exact) mass is 445 g/mol. The van der Waals surface area contributed by atoms with Gasteiger partial charge in [0, 0.05) is 30.2 Å². The van der Waals surface area contributed by atoms with Crippen molar-refractivity contribution >= 4 is 16.7 Å². The van der Waals surface area contributed by atoms with E-state index in [0.717, 1.165) is 42.1 Å². The second-order valence-electron chi connectivity index (χ2n) is 8.72. The van der Waals surface area contributed by atoms with E-state index >= 15 is 0 Å². The number of hydrogen-bond acceptors (Lipinski definition) is 5. The Morgan fingerprint density at radius 3 is 2.59 bits per heavy atom. The highest BCUT2D eigenvalue weighted by molar-refractivity contribution is 5.86. The van der Waals surface area contributed by atoms with Gasteiger partial charge in [-0.2, -0.15) is 23.4 Å². The molecule has 5 nitrogen and oxygen atoms in total. The number of benzene rings is 1. The van der Waals surface area contributed by atoms with Crippen LogP contribution in [0.5, 0.6) is 0 Å². The Morgan fingerprint density at radius 2 is 1.91 bits per heavy atom. The smallest absolute Gasteiger partial charge is 0.389 e. The van der Waals surface area contributed by atoms with Crippen molar-refractivity contribution in [3.8, 4) is 11.3 Å². The highest BCUT2D eigenvalue weighted by Crippen LogP contribution is 2.34. The zero-order valence-electron chi connectivity index (χ0n) is 18.0. The largest absolute Gasteiger partial charge is 0.441 e. The van der Waals surface area contributed by atoms with Crippen molar-refractivity contribution < 1.29 is 22.4 Å². The van der Waals surface area contributed by atoms with Crippen LogP contribution < -0.4 is 0 Å². The van der Waals surface area contributed by atoms with Gasteiger partial charge in [0.15, 0.2) is 11.7 Å². The molecule has 0 amide bonds. The molecular formula is C24H26F3N3O2. The minimum atomic E-state index is -4.08. The zero-order chi connectivity index (χ0) is 22.7. The molecule has 8 heteroatoms. The molecule has 2 aromatic heterocycles. The van der Waals surface area contributed by atoms with Gasteiger partial charge >= 0.3 is 6.18 Å². The van der Waals surface area contributed by atoms with Gasteiger partial charge in [-0.05, 0) is 62.3 Å². The van der Waals surface area contributed by atoms with Crippen molar-refractivity contribution in [3.05, 3.63) is 42.0 Å². The highest BCUT2D eigenvalue weighted by atomic mass is 19.4. The summed E-state index contributed by atoms with van der Waals surface area (Å²) in [5.74, 6) is 1.64. The summed E-state index contributed by atoms with van der Waals surface area (Å²) in [5, 5.41) is 9.34. The topological polar surface area (TPSA) is 68.9 Å². The minimum absolute atomic E-state index is 0.0464. The Labute approximate surface area is 184 Å².